The first kappa shape index (κ1) is 25.1. The maximum absolute atomic E-state index is 11.7. The molecular formula is C25H38N2O4. The van der Waals surface area contributed by atoms with Crippen molar-refractivity contribution in [2.24, 2.45) is 0 Å². The van der Waals surface area contributed by atoms with Gasteiger partial charge in [0.25, 0.3) is 0 Å². The molecule has 1 aromatic rings. The minimum absolute atomic E-state index is 0.0406. The van der Waals surface area contributed by atoms with Crippen molar-refractivity contribution in [3.63, 3.8) is 0 Å². The molecule has 0 aromatic heterocycles. The van der Waals surface area contributed by atoms with Gasteiger partial charge < -0.3 is 9.64 Å². The third-order valence-corrected chi connectivity index (χ3v) is 5.83. The van der Waals surface area contributed by atoms with Gasteiger partial charge >= 0.3 is 6.09 Å². The molecule has 0 radical (unpaired) electrons. The van der Waals surface area contributed by atoms with Gasteiger partial charge in [0.2, 0.25) is 0 Å². The van der Waals surface area contributed by atoms with E-state index in [1.807, 2.05) is 33.8 Å². The first-order chi connectivity index (χ1) is 14.5. The number of likely N-dealkylation sites (tertiary alicyclic amines) is 2. The standard InChI is InChI=1S/C14H19NO.C11H19NO3/c1-11-10-14(16)8-9-15(11)12(2)13-6-4-3-5-7-13;1-8-7-9(13)5-6-12(8)10(14)15-11(2,3)4/h3-7,11-12H,8-10H2,1-2H3;8H,5-7H2,1-4H3/t11-,12-;8-/m00/s1. The Morgan fingerprint density at radius 2 is 1.52 bits per heavy atom. The van der Waals surface area contributed by atoms with E-state index in [0.29, 0.717) is 50.1 Å². The first-order valence-electron chi connectivity index (χ1n) is 11.3. The molecule has 1 aromatic carbocycles. The van der Waals surface area contributed by atoms with Crippen molar-refractivity contribution >= 4 is 17.7 Å². The Bertz CT molecular complexity index is 757. The molecule has 0 N–H and O–H groups in total. The average Bonchev–Trinajstić information content (AvgIpc) is 2.67. The minimum atomic E-state index is -0.474. The summed E-state index contributed by atoms with van der Waals surface area (Å²) in [7, 11) is 0. The highest BCUT2D eigenvalue weighted by Gasteiger charge is 2.30. The Kier molecular flexibility index (Phi) is 8.80. The highest BCUT2D eigenvalue weighted by Crippen LogP contribution is 2.26. The molecule has 1 amide bonds. The normalized spacial score (nSPS) is 23.6. The van der Waals surface area contributed by atoms with Gasteiger partial charge in [-0.1, -0.05) is 30.3 Å². The van der Waals surface area contributed by atoms with Crippen LogP contribution in [0.1, 0.15) is 78.8 Å². The number of Topliss-reactive ketones (excluding diaryl/α,β-unsaturated/α-hetero) is 2. The molecule has 172 valence electrons. The summed E-state index contributed by atoms with van der Waals surface area (Å²) in [5, 5.41) is 0. The summed E-state index contributed by atoms with van der Waals surface area (Å²) in [5.74, 6) is 0.631. The molecule has 6 heteroatoms. The van der Waals surface area contributed by atoms with Crippen LogP contribution in [0, 0.1) is 0 Å². The second-order valence-corrected chi connectivity index (χ2v) is 9.68. The molecule has 3 atom stereocenters. The van der Waals surface area contributed by atoms with Gasteiger partial charge in [-0.05, 0) is 47.1 Å². The van der Waals surface area contributed by atoms with Crippen LogP contribution in [-0.4, -0.2) is 58.2 Å². The molecular weight excluding hydrogens is 392 g/mol. The summed E-state index contributed by atoms with van der Waals surface area (Å²) in [4.78, 5) is 38.3. The molecule has 0 spiro atoms. The molecule has 0 bridgehead atoms. The van der Waals surface area contributed by atoms with Crippen LogP contribution in [0.3, 0.4) is 0 Å². The van der Waals surface area contributed by atoms with E-state index in [1.54, 1.807) is 4.90 Å². The van der Waals surface area contributed by atoms with Crippen molar-refractivity contribution in [1.29, 1.82) is 0 Å². The second kappa shape index (κ2) is 10.9. The van der Waals surface area contributed by atoms with Gasteiger partial charge in [0.15, 0.2) is 0 Å². The summed E-state index contributed by atoms with van der Waals surface area (Å²) >= 11 is 0. The largest absolute Gasteiger partial charge is 0.444 e. The van der Waals surface area contributed by atoms with Crippen molar-refractivity contribution in [3.8, 4) is 0 Å². The second-order valence-electron chi connectivity index (χ2n) is 9.68. The van der Waals surface area contributed by atoms with Crippen molar-refractivity contribution < 1.29 is 19.1 Å². The van der Waals surface area contributed by atoms with E-state index in [-0.39, 0.29) is 17.9 Å². The zero-order valence-electron chi connectivity index (χ0n) is 19.9. The minimum Gasteiger partial charge on any atom is -0.444 e. The Labute approximate surface area is 186 Å². The van der Waals surface area contributed by atoms with E-state index in [9.17, 15) is 14.4 Å². The third kappa shape index (κ3) is 7.76. The molecule has 0 unspecified atom stereocenters. The van der Waals surface area contributed by atoms with Crippen LogP contribution < -0.4 is 0 Å². The van der Waals surface area contributed by atoms with Crippen molar-refractivity contribution in [2.45, 2.75) is 91.0 Å². The Morgan fingerprint density at radius 1 is 0.968 bits per heavy atom. The van der Waals surface area contributed by atoms with E-state index in [1.165, 1.54) is 5.56 Å². The number of hydrogen-bond donors (Lipinski definition) is 0. The van der Waals surface area contributed by atoms with Crippen LogP contribution >= 0.6 is 0 Å². The van der Waals surface area contributed by atoms with Gasteiger partial charge in [-0.2, -0.15) is 0 Å². The smallest absolute Gasteiger partial charge is 0.410 e. The van der Waals surface area contributed by atoms with Crippen LogP contribution in [0.4, 0.5) is 4.79 Å². The topological polar surface area (TPSA) is 66.9 Å². The molecule has 2 aliphatic rings. The fraction of sp³-hybridized carbons (Fsp3) is 0.640. The maximum atomic E-state index is 11.7. The van der Waals surface area contributed by atoms with E-state index in [2.05, 4.69) is 43.0 Å². The molecule has 2 heterocycles. The lowest BCUT2D eigenvalue weighted by molar-refractivity contribution is -0.124. The van der Waals surface area contributed by atoms with E-state index in [4.69, 9.17) is 4.74 Å². The van der Waals surface area contributed by atoms with E-state index >= 15 is 0 Å². The number of piperidine rings is 2. The number of hydrogen-bond acceptors (Lipinski definition) is 5. The lowest BCUT2D eigenvalue weighted by Crippen LogP contribution is -2.46. The van der Waals surface area contributed by atoms with Gasteiger partial charge in [0, 0.05) is 56.9 Å². The molecule has 31 heavy (non-hydrogen) atoms. The first-order valence-corrected chi connectivity index (χ1v) is 11.3. The van der Waals surface area contributed by atoms with Gasteiger partial charge in [-0.15, -0.1) is 0 Å². The number of ether oxygens (including phenoxy) is 1. The lowest BCUT2D eigenvalue weighted by Gasteiger charge is -2.37. The summed E-state index contributed by atoms with van der Waals surface area (Å²) in [6, 6.07) is 11.2. The quantitative estimate of drug-likeness (QED) is 0.676. The molecule has 2 fully saturated rings. The summed E-state index contributed by atoms with van der Waals surface area (Å²) in [5.41, 5.74) is 0.863. The van der Waals surface area contributed by atoms with Crippen molar-refractivity contribution in [2.75, 3.05) is 13.1 Å². The van der Waals surface area contributed by atoms with Gasteiger partial charge in [0.05, 0.1) is 0 Å². The monoisotopic (exact) mass is 430 g/mol. The van der Waals surface area contributed by atoms with Crippen LogP contribution in [0.5, 0.6) is 0 Å². The van der Waals surface area contributed by atoms with Crippen LogP contribution in [0.2, 0.25) is 0 Å². The molecule has 3 rings (SSSR count). The molecule has 2 saturated heterocycles. The number of amides is 1. The Balaban J connectivity index is 0.000000221. The number of benzene rings is 1. The number of carbonyl (C=O) groups is 3. The third-order valence-electron chi connectivity index (χ3n) is 5.83. The SMILES string of the molecule is C[C@H]1CC(=O)CCN1C(=O)OC(C)(C)C.C[C@H]1CC(=O)CCN1[C@@H](C)c1ccccc1. The summed E-state index contributed by atoms with van der Waals surface area (Å²) < 4.78 is 5.26. The summed E-state index contributed by atoms with van der Waals surface area (Å²) in [6.07, 6.45) is 1.99. The molecule has 0 saturated carbocycles. The predicted molar refractivity (Wildman–Crippen MR) is 122 cm³/mol. The molecule has 0 aliphatic carbocycles. The van der Waals surface area contributed by atoms with Crippen molar-refractivity contribution in [1.82, 2.24) is 9.80 Å². The van der Waals surface area contributed by atoms with Crippen molar-refractivity contribution in [3.05, 3.63) is 35.9 Å². The van der Waals surface area contributed by atoms with Gasteiger partial charge in [-0.25, -0.2) is 4.79 Å². The van der Waals surface area contributed by atoms with Crippen LogP contribution in [0.25, 0.3) is 0 Å². The van der Waals surface area contributed by atoms with Gasteiger partial charge in [-0.3, -0.25) is 14.5 Å². The highest BCUT2D eigenvalue weighted by molar-refractivity contribution is 5.82. The number of ketones is 2. The van der Waals surface area contributed by atoms with Crippen LogP contribution in [0.15, 0.2) is 30.3 Å². The van der Waals surface area contributed by atoms with Gasteiger partial charge in [0.1, 0.15) is 17.2 Å². The zero-order valence-corrected chi connectivity index (χ0v) is 19.9. The zero-order chi connectivity index (χ0) is 23.2. The van der Waals surface area contributed by atoms with E-state index in [0.717, 1.165) is 6.54 Å². The van der Waals surface area contributed by atoms with E-state index < -0.39 is 5.60 Å². The fourth-order valence-corrected chi connectivity index (χ4v) is 4.12. The molecule has 6 nitrogen and oxygen atoms in total. The molecule has 2 aliphatic heterocycles. The number of carbonyl (C=O) groups excluding carboxylic acids is 3. The van der Waals surface area contributed by atoms with Crippen LogP contribution in [-0.2, 0) is 14.3 Å². The maximum Gasteiger partial charge on any atom is 0.410 e. The summed E-state index contributed by atoms with van der Waals surface area (Å²) in [6.45, 7) is 13.1. The number of nitrogens with zero attached hydrogens (tertiary/aromatic N) is 2. The lowest BCUT2D eigenvalue weighted by atomic mass is 9.97. The highest BCUT2D eigenvalue weighted by atomic mass is 16.6. The number of rotatable bonds is 2. The Hall–Kier alpha value is -2.21. The fourth-order valence-electron chi connectivity index (χ4n) is 4.12. The predicted octanol–water partition coefficient (Wildman–Crippen LogP) is 4.78. The average molecular weight is 431 g/mol. The Morgan fingerprint density at radius 3 is 2.03 bits per heavy atom.